The first kappa shape index (κ1) is 8.94. The molecule has 0 saturated heterocycles. The van der Waals surface area contributed by atoms with Crippen molar-refractivity contribution in [2.24, 2.45) is 0 Å². The third-order valence-electron chi connectivity index (χ3n) is 1.55. The smallest absolute Gasteiger partial charge is 0.0312 e. The minimum atomic E-state index is 0.887. The zero-order chi connectivity index (χ0) is 8.65. The molecule has 0 aliphatic rings. The Morgan fingerprint density at radius 3 is 3.17 bits per heavy atom. The number of pyridine rings is 1. The lowest BCUT2D eigenvalue weighted by molar-refractivity contribution is 0.756. The van der Waals surface area contributed by atoms with Crippen molar-refractivity contribution in [3.8, 4) is 0 Å². The molecule has 64 valence electrons. The van der Waals surface area contributed by atoms with E-state index in [2.05, 4.69) is 22.4 Å². The van der Waals surface area contributed by atoms with Crippen LogP contribution in [-0.2, 0) is 6.54 Å². The van der Waals surface area contributed by atoms with E-state index >= 15 is 0 Å². The summed E-state index contributed by atoms with van der Waals surface area (Å²) < 4.78 is 0. The monoisotopic (exact) mass is 162 g/mol. The average molecular weight is 162 g/mol. The van der Waals surface area contributed by atoms with E-state index in [4.69, 9.17) is 0 Å². The number of nitrogens with one attached hydrogen (secondary N) is 1. The fourth-order valence-electron chi connectivity index (χ4n) is 0.920. The van der Waals surface area contributed by atoms with Crippen LogP contribution in [0.2, 0.25) is 0 Å². The highest BCUT2D eigenvalue weighted by atomic mass is 14.8. The molecule has 1 aromatic heterocycles. The number of hydrogen-bond acceptors (Lipinski definition) is 2. The molecule has 0 bridgehead atoms. The van der Waals surface area contributed by atoms with Crippen molar-refractivity contribution in [1.29, 1.82) is 0 Å². The SMILES string of the molecule is C/C=C/CNCc1cccnc1. The number of rotatable bonds is 4. The Labute approximate surface area is 73.3 Å². The Hall–Kier alpha value is -1.15. The lowest BCUT2D eigenvalue weighted by atomic mass is 10.3. The molecule has 0 saturated carbocycles. The molecule has 0 spiro atoms. The highest BCUT2D eigenvalue weighted by Gasteiger charge is 1.87. The summed E-state index contributed by atoms with van der Waals surface area (Å²) in [6.45, 7) is 3.83. The lowest BCUT2D eigenvalue weighted by Gasteiger charge is -1.99. The van der Waals surface area contributed by atoms with Crippen molar-refractivity contribution >= 4 is 0 Å². The average Bonchev–Trinajstić information content (AvgIpc) is 2.14. The van der Waals surface area contributed by atoms with Crippen LogP contribution < -0.4 is 5.32 Å². The molecule has 1 heterocycles. The fourth-order valence-corrected chi connectivity index (χ4v) is 0.920. The van der Waals surface area contributed by atoms with E-state index in [1.165, 1.54) is 5.56 Å². The van der Waals surface area contributed by atoms with Crippen LogP contribution in [0.25, 0.3) is 0 Å². The van der Waals surface area contributed by atoms with Gasteiger partial charge >= 0.3 is 0 Å². The third-order valence-corrected chi connectivity index (χ3v) is 1.55. The Balaban J connectivity index is 2.24. The normalized spacial score (nSPS) is 10.8. The van der Waals surface area contributed by atoms with Crippen molar-refractivity contribution in [3.63, 3.8) is 0 Å². The molecular formula is C10H14N2. The first-order valence-electron chi connectivity index (χ1n) is 4.14. The summed E-state index contributed by atoms with van der Waals surface area (Å²) in [6.07, 6.45) is 7.80. The fraction of sp³-hybridized carbons (Fsp3) is 0.300. The zero-order valence-electron chi connectivity index (χ0n) is 7.33. The lowest BCUT2D eigenvalue weighted by Crippen LogP contribution is -2.12. The van der Waals surface area contributed by atoms with Crippen LogP contribution in [0.4, 0.5) is 0 Å². The second-order valence-electron chi connectivity index (χ2n) is 2.56. The van der Waals surface area contributed by atoms with Crippen LogP contribution in [0.15, 0.2) is 36.7 Å². The van der Waals surface area contributed by atoms with E-state index in [9.17, 15) is 0 Å². The summed E-state index contributed by atoms with van der Waals surface area (Å²) in [5.74, 6) is 0. The van der Waals surface area contributed by atoms with Gasteiger partial charge in [0.05, 0.1) is 0 Å². The first-order valence-corrected chi connectivity index (χ1v) is 4.14. The van der Waals surface area contributed by atoms with Crippen LogP contribution in [-0.4, -0.2) is 11.5 Å². The van der Waals surface area contributed by atoms with E-state index in [1.54, 1.807) is 6.20 Å². The quantitative estimate of drug-likeness (QED) is 0.539. The summed E-state index contributed by atoms with van der Waals surface area (Å²) in [5.41, 5.74) is 1.22. The van der Waals surface area contributed by atoms with Gasteiger partial charge in [0.15, 0.2) is 0 Å². The third kappa shape index (κ3) is 3.30. The predicted molar refractivity (Wildman–Crippen MR) is 50.8 cm³/mol. The van der Waals surface area contributed by atoms with Crippen LogP contribution >= 0.6 is 0 Å². The second-order valence-corrected chi connectivity index (χ2v) is 2.56. The summed E-state index contributed by atoms with van der Waals surface area (Å²) in [6, 6.07) is 4.02. The molecule has 0 amide bonds. The molecule has 0 aliphatic carbocycles. The minimum Gasteiger partial charge on any atom is -0.309 e. The van der Waals surface area contributed by atoms with Gasteiger partial charge in [-0.15, -0.1) is 0 Å². The van der Waals surface area contributed by atoms with Crippen LogP contribution in [0.3, 0.4) is 0 Å². The van der Waals surface area contributed by atoms with Gasteiger partial charge in [0.25, 0.3) is 0 Å². The largest absolute Gasteiger partial charge is 0.309 e. The number of hydrogen-bond donors (Lipinski definition) is 1. The zero-order valence-corrected chi connectivity index (χ0v) is 7.33. The van der Waals surface area contributed by atoms with Gasteiger partial charge < -0.3 is 5.32 Å². The van der Waals surface area contributed by atoms with E-state index < -0.39 is 0 Å². The van der Waals surface area contributed by atoms with E-state index in [-0.39, 0.29) is 0 Å². The van der Waals surface area contributed by atoms with Gasteiger partial charge in [0, 0.05) is 25.5 Å². The van der Waals surface area contributed by atoms with E-state index in [0.717, 1.165) is 13.1 Å². The summed E-state index contributed by atoms with van der Waals surface area (Å²) in [5, 5.41) is 3.28. The van der Waals surface area contributed by atoms with Crippen molar-refractivity contribution in [2.45, 2.75) is 13.5 Å². The maximum atomic E-state index is 4.03. The Morgan fingerprint density at radius 2 is 2.50 bits per heavy atom. The standard InChI is InChI=1S/C10H14N2/c1-2-3-6-11-8-10-5-4-7-12-9-10/h2-5,7,9,11H,6,8H2,1H3/b3-2+. The number of aromatic nitrogens is 1. The van der Waals surface area contributed by atoms with Gasteiger partial charge in [-0.25, -0.2) is 0 Å². The number of nitrogens with zero attached hydrogens (tertiary/aromatic N) is 1. The van der Waals surface area contributed by atoms with Gasteiger partial charge in [-0.2, -0.15) is 0 Å². The molecule has 2 heteroatoms. The molecule has 0 atom stereocenters. The molecule has 0 aromatic carbocycles. The second kappa shape index (κ2) is 5.49. The first-order chi connectivity index (χ1) is 5.93. The van der Waals surface area contributed by atoms with Crippen LogP contribution in [0.1, 0.15) is 12.5 Å². The van der Waals surface area contributed by atoms with Crippen molar-refractivity contribution in [1.82, 2.24) is 10.3 Å². The molecule has 2 nitrogen and oxygen atoms in total. The summed E-state index contributed by atoms with van der Waals surface area (Å²) >= 11 is 0. The van der Waals surface area contributed by atoms with Gasteiger partial charge in [0.2, 0.25) is 0 Å². The Morgan fingerprint density at radius 1 is 1.58 bits per heavy atom. The molecular weight excluding hydrogens is 148 g/mol. The summed E-state index contributed by atoms with van der Waals surface area (Å²) in [4.78, 5) is 4.03. The van der Waals surface area contributed by atoms with E-state index in [0.29, 0.717) is 0 Å². The molecule has 0 fully saturated rings. The van der Waals surface area contributed by atoms with Crippen molar-refractivity contribution < 1.29 is 0 Å². The van der Waals surface area contributed by atoms with Crippen LogP contribution in [0, 0.1) is 0 Å². The topological polar surface area (TPSA) is 24.9 Å². The molecule has 1 aromatic rings. The molecule has 12 heavy (non-hydrogen) atoms. The van der Waals surface area contributed by atoms with Gasteiger partial charge in [0.1, 0.15) is 0 Å². The molecule has 1 N–H and O–H groups in total. The highest BCUT2D eigenvalue weighted by molar-refractivity contribution is 5.07. The van der Waals surface area contributed by atoms with Gasteiger partial charge in [-0.05, 0) is 18.6 Å². The molecule has 0 unspecified atom stereocenters. The van der Waals surface area contributed by atoms with Crippen LogP contribution in [0.5, 0.6) is 0 Å². The molecule has 0 aliphatic heterocycles. The van der Waals surface area contributed by atoms with Gasteiger partial charge in [-0.3, -0.25) is 4.98 Å². The van der Waals surface area contributed by atoms with Gasteiger partial charge in [-0.1, -0.05) is 18.2 Å². The van der Waals surface area contributed by atoms with Crippen molar-refractivity contribution in [2.75, 3.05) is 6.54 Å². The van der Waals surface area contributed by atoms with Crippen molar-refractivity contribution in [3.05, 3.63) is 42.2 Å². The maximum absolute atomic E-state index is 4.03. The Bertz CT molecular complexity index is 229. The summed E-state index contributed by atoms with van der Waals surface area (Å²) in [7, 11) is 0. The van der Waals surface area contributed by atoms with E-state index in [1.807, 2.05) is 25.3 Å². The Kier molecular flexibility index (Phi) is 4.09. The predicted octanol–water partition coefficient (Wildman–Crippen LogP) is 1.75. The molecule has 0 radical (unpaired) electrons. The highest BCUT2D eigenvalue weighted by Crippen LogP contribution is 1.93. The maximum Gasteiger partial charge on any atom is 0.0312 e. The number of allylic oxidation sites excluding steroid dienone is 1. The molecule has 1 rings (SSSR count). The minimum absolute atomic E-state index is 0.887.